The van der Waals surface area contributed by atoms with Crippen LogP contribution in [0.25, 0.3) is 10.9 Å². The topological polar surface area (TPSA) is 70.9 Å². The zero-order valence-electron chi connectivity index (χ0n) is 11.9. The molecule has 1 heterocycles. The number of fused-ring (bicyclic) bond motifs is 1. The number of nitrogens with two attached hydrogens (primary N) is 1. The van der Waals surface area contributed by atoms with Gasteiger partial charge in [0.05, 0.1) is 6.04 Å². The van der Waals surface area contributed by atoms with E-state index in [0.717, 1.165) is 22.9 Å². The molecule has 1 saturated carbocycles. The normalized spacial score (nSPS) is 21.6. The van der Waals surface area contributed by atoms with E-state index in [0.29, 0.717) is 6.42 Å². The second kappa shape index (κ2) is 4.63. The van der Waals surface area contributed by atoms with Crippen molar-refractivity contribution < 1.29 is 4.79 Å². The SMILES string of the molecule is CC1(C)CC1NC(=O)C(N)Cc1c[nH]c2ccccc12. The Morgan fingerprint density at radius 2 is 2.20 bits per heavy atom. The molecule has 4 nitrogen and oxygen atoms in total. The van der Waals surface area contributed by atoms with Crippen LogP contribution in [-0.2, 0) is 11.2 Å². The molecule has 1 fully saturated rings. The van der Waals surface area contributed by atoms with E-state index in [2.05, 4.69) is 30.2 Å². The number of benzene rings is 1. The maximum atomic E-state index is 12.1. The molecule has 4 heteroatoms. The molecule has 1 aliphatic rings. The fourth-order valence-electron chi connectivity index (χ4n) is 2.62. The Balaban J connectivity index is 1.66. The quantitative estimate of drug-likeness (QED) is 0.795. The fourth-order valence-corrected chi connectivity index (χ4v) is 2.62. The smallest absolute Gasteiger partial charge is 0.237 e. The molecule has 0 saturated heterocycles. The lowest BCUT2D eigenvalue weighted by Crippen LogP contribution is -2.43. The molecule has 1 aromatic carbocycles. The van der Waals surface area contributed by atoms with E-state index in [1.165, 1.54) is 0 Å². The molecule has 1 amide bonds. The number of hydrogen-bond acceptors (Lipinski definition) is 2. The van der Waals surface area contributed by atoms with Crippen molar-refractivity contribution in [1.29, 1.82) is 0 Å². The molecule has 20 heavy (non-hydrogen) atoms. The van der Waals surface area contributed by atoms with Crippen molar-refractivity contribution in [2.75, 3.05) is 0 Å². The number of rotatable bonds is 4. The number of carbonyl (C=O) groups excluding carboxylic acids is 1. The summed E-state index contributed by atoms with van der Waals surface area (Å²) in [6.07, 6.45) is 3.54. The molecule has 3 rings (SSSR count). The predicted octanol–water partition coefficient (Wildman–Crippen LogP) is 1.95. The van der Waals surface area contributed by atoms with E-state index in [9.17, 15) is 4.79 Å². The summed E-state index contributed by atoms with van der Waals surface area (Å²) in [5.41, 5.74) is 8.45. The van der Waals surface area contributed by atoms with Gasteiger partial charge in [-0.1, -0.05) is 32.0 Å². The number of hydrogen-bond donors (Lipinski definition) is 3. The van der Waals surface area contributed by atoms with Crippen molar-refractivity contribution in [2.24, 2.45) is 11.1 Å². The van der Waals surface area contributed by atoms with Gasteiger partial charge in [0.15, 0.2) is 0 Å². The number of carbonyl (C=O) groups is 1. The van der Waals surface area contributed by atoms with Gasteiger partial charge in [0.2, 0.25) is 5.91 Å². The summed E-state index contributed by atoms with van der Waals surface area (Å²) in [5, 5.41) is 4.17. The molecule has 2 unspecified atom stereocenters. The van der Waals surface area contributed by atoms with Gasteiger partial charge in [-0.2, -0.15) is 0 Å². The summed E-state index contributed by atoms with van der Waals surface area (Å²) < 4.78 is 0. The molecule has 1 aliphatic carbocycles. The highest BCUT2D eigenvalue weighted by Gasteiger charge is 2.46. The average molecular weight is 271 g/mol. The minimum absolute atomic E-state index is 0.0501. The van der Waals surface area contributed by atoms with E-state index < -0.39 is 6.04 Å². The van der Waals surface area contributed by atoms with Crippen molar-refractivity contribution in [3.8, 4) is 0 Å². The molecular formula is C16H21N3O. The van der Waals surface area contributed by atoms with Crippen LogP contribution in [0.2, 0.25) is 0 Å². The largest absolute Gasteiger partial charge is 0.361 e. The molecule has 0 aliphatic heterocycles. The zero-order chi connectivity index (χ0) is 14.3. The number of aromatic amines is 1. The Bertz CT molecular complexity index is 644. The van der Waals surface area contributed by atoms with E-state index >= 15 is 0 Å². The van der Waals surface area contributed by atoms with Crippen LogP contribution in [0.1, 0.15) is 25.8 Å². The molecular weight excluding hydrogens is 250 g/mol. The molecule has 4 N–H and O–H groups in total. The molecule has 106 valence electrons. The maximum Gasteiger partial charge on any atom is 0.237 e. The summed E-state index contributed by atoms with van der Waals surface area (Å²) in [6.45, 7) is 4.31. The Kier molecular flexibility index (Phi) is 3.05. The number of aromatic nitrogens is 1. The number of nitrogens with one attached hydrogen (secondary N) is 2. The molecule has 0 bridgehead atoms. The number of amides is 1. The van der Waals surface area contributed by atoms with Crippen LogP contribution in [-0.4, -0.2) is 23.0 Å². The highest BCUT2D eigenvalue weighted by Crippen LogP contribution is 2.44. The summed E-state index contributed by atoms with van der Waals surface area (Å²) >= 11 is 0. The van der Waals surface area contributed by atoms with Crippen LogP contribution < -0.4 is 11.1 Å². The first kappa shape index (κ1) is 13.2. The molecule has 2 atom stereocenters. The van der Waals surface area contributed by atoms with Crippen molar-refractivity contribution >= 4 is 16.8 Å². The average Bonchev–Trinajstić information content (AvgIpc) is 2.84. The monoisotopic (exact) mass is 271 g/mol. The van der Waals surface area contributed by atoms with E-state index in [1.54, 1.807) is 0 Å². The van der Waals surface area contributed by atoms with Gasteiger partial charge in [0.1, 0.15) is 0 Å². The van der Waals surface area contributed by atoms with Gasteiger partial charge in [-0.3, -0.25) is 4.79 Å². The first-order valence-corrected chi connectivity index (χ1v) is 7.08. The van der Waals surface area contributed by atoms with Crippen molar-refractivity contribution in [3.63, 3.8) is 0 Å². The van der Waals surface area contributed by atoms with Gasteiger partial charge in [0, 0.05) is 23.1 Å². The maximum absolute atomic E-state index is 12.1. The third-order valence-corrected chi connectivity index (χ3v) is 4.28. The van der Waals surface area contributed by atoms with E-state index in [1.807, 2.05) is 24.4 Å². The number of para-hydroxylation sites is 1. The summed E-state index contributed by atoms with van der Waals surface area (Å²) in [6, 6.07) is 7.85. The van der Waals surface area contributed by atoms with Crippen molar-refractivity contribution in [2.45, 2.75) is 38.8 Å². The Morgan fingerprint density at radius 3 is 2.90 bits per heavy atom. The minimum Gasteiger partial charge on any atom is -0.361 e. The molecule has 0 radical (unpaired) electrons. The second-order valence-corrected chi connectivity index (χ2v) is 6.42. The number of H-pyrrole nitrogens is 1. The summed E-state index contributed by atoms with van der Waals surface area (Å²) in [5.74, 6) is -0.0501. The third kappa shape index (κ3) is 2.43. The van der Waals surface area contributed by atoms with Crippen LogP contribution in [0.4, 0.5) is 0 Å². The standard InChI is InChI=1S/C16H21N3O/c1-16(2)8-14(16)19-15(20)12(17)7-10-9-18-13-6-4-3-5-11(10)13/h3-6,9,12,14,18H,7-8,17H2,1-2H3,(H,19,20). The van der Waals surface area contributed by atoms with Gasteiger partial charge >= 0.3 is 0 Å². The predicted molar refractivity (Wildman–Crippen MR) is 80.3 cm³/mol. The third-order valence-electron chi connectivity index (χ3n) is 4.28. The lowest BCUT2D eigenvalue weighted by molar-refractivity contribution is -0.122. The van der Waals surface area contributed by atoms with Crippen LogP contribution in [0, 0.1) is 5.41 Å². The van der Waals surface area contributed by atoms with Gasteiger partial charge in [-0.15, -0.1) is 0 Å². The van der Waals surface area contributed by atoms with Gasteiger partial charge < -0.3 is 16.0 Å². The summed E-state index contributed by atoms with van der Waals surface area (Å²) in [4.78, 5) is 15.3. The Morgan fingerprint density at radius 1 is 1.50 bits per heavy atom. The van der Waals surface area contributed by atoms with Crippen LogP contribution >= 0.6 is 0 Å². The van der Waals surface area contributed by atoms with Crippen molar-refractivity contribution in [1.82, 2.24) is 10.3 Å². The van der Waals surface area contributed by atoms with Crippen LogP contribution in [0.5, 0.6) is 0 Å². The minimum atomic E-state index is -0.495. The van der Waals surface area contributed by atoms with Gasteiger partial charge in [-0.05, 0) is 29.9 Å². The molecule has 2 aromatic rings. The highest BCUT2D eigenvalue weighted by molar-refractivity contribution is 5.86. The summed E-state index contributed by atoms with van der Waals surface area (Å²) in [7, 11) is 0. The first-order chi connectivity index (χ1) is 9.47. The lowest BCUT2D eigenvalue weighted by Gasteiger charge is -2.13. The Hall–Kier alpha value is -1.81. The van der Waals surface area contributed by atoms with Crippen LogP contribution in [0.15, 0.2) is 30.5 Å². The van der Waals surface area contributed by atoms with Crippen molar-refractivity contribution in [3.05, 3.63) is 36.0 Å². The first-order valence-electron chi connectivity index (χ1n) is 7.08. The highest BCUT2D eigenvalue weighted by atomic mass is 16.2. The fraction of sp³-hybridized carbons (Fsp3) is 0.438. The second-order valence-electron chi connectivity index (χ2n) is 6.42. The molecule has 0 spiro atoms. The zero-order valence-corrected chi connectivity index (χ0v) is 11.9. The van der Waals surface area contributed by atoms with E-state index in [-0.39, 0.29) is 17.4 Å². The Labute approximate surface area is 118 Å². The van der Waals surface area contributed by atoms with Gasteiger partial charge in [-0.25, -0.2) is 0 Å². The van der Waals surface area contributed by atoms with E-state index in [4.69, 9.17) is 5.73 Å². The van der Waals surface area contributed by atoms with Gasteiger partial charge in [0.25, 0.3) is 0 Å². The lowest BCUT2D eigenvalue weighted by atomic mass is 10.0. The van der Waals surface area contributed by atoms with Crippen LogP contribution in [0.3, 0.4) is 0 Å². The molecule has 1 aromatic heterocycles.